The Morgan fingerprint density at radius 2 is 1.83 bits per heavy atom. The second-order valence-corrected chi connectivity index (χ2v) is 6.72. The molecule has 0 fully saturated rings. The van der Waals surface area contributed by atoms with E-state index in [0.29, 0.717) is 12.0 Å². The van der Waals surface area contributed by atoms with Gasteiger partial charge in [0.25, 0.3) is 0 Å². The number of rotatable bonds is 6. The minimum Gasteiger partial charge on any atom is -0.228 e. The minimum atomic E-state index is -3.09. The fourth-order valence-electron chi connectivity index (χ4n) is 1.99. The summed E-state index contributed by atoms with van der Waals surface area (Å²) < 4.78 is 24.4. The molecule has 1 aromatic carbocycles. The standard InChI is InChI=1S/C14H19NO2S/c1-3-5-14(4-2)18(16,17)11-13-8-6-12(10-15)7-9-13/h6-9,14H,3-5,11H2,1-2H3. The molecule has 1 unspecified atom stereocenters. The van der Waals surface area contributed by atoms with Crippen LogP contribution in [0.1, 0.15) is 44.2 Å². The van der Waals surface area contributed by atoms with Crippen molar-refractivity contribution in [2.45, 2.75) is 44.1 Å². The monoisotopic (exact) mass is 265 g/mol. The highest BCUT2D eigenvalue weighted by molar-refractivity contribution is 7.91. The maximum atomic E-state index is 12.2. The Hall–Kier alpha value is -1.34. The van der Waals surface area contributed by atoms with E-state index < -0.39 is 9.84 Å². The quantitative estimate of drug-likeness (QED) is 0.794. The van der Waals surface area contributed by atoms with E-state index in [0.717, 1.165) is 18.4 Å². The van der Waals surface area contributed by atoms with Crippen LogP contribution in [0, 0.1) is 11.3 Å². The first-order valence-corrected chi connectivity index (χ1v) is 7.95. The third-order valence-corrected chi connectivity index (χ3v) is 5.35. The van der Waals surface area contributed by atoms with E-state index in [1.165, 1.54) is 0 Å². The fourth-order valence-corrected chi connectivity index (χ4v) is 3.98. The van der Waals surface area contributed by atoms with Gasteiger partial charge in [-0.2, -0.15) is 5.26 Å². The zero-order valence-electron chi connectivity index (χ0n) is 10.9. The average Bonchev–Trinajstić information content (AvgIpc) is 2.36. The lowest BCUT2D eigenvalue weighted by atomic mass is 10.2. The van der Waals surface area contributed by atoms with Gasteiger partial charge in [-0.3, -0.25) is 0 Å². The number of hydrogen-bond acceptors (Lipinski definition) is 3. The Balaban J connectivity index is 2.84. The number of nitriles is 1. The average molecular weight is 265 g/mol. The minimum absolute atomic E-state index is 0.0667. The second-order valence-electron chi connectivity index (χ2n) is 4.43. The first-order valence-electron chi connectivity index (χ1n) is 6.24. The molecule has 0 spiro atoms. The maximum Gasteiger partial charge on any atom is 0.157 e. The number of benzene rings is 1. The molecule has 4 heteroatoms. The van der Waals surface area contributed by atoms with Crippen molar-refractivity contribution in [3.63, 3.8) is 0 Å². The normalized spacial score (nSPS) is 12.9. The second kappa shape index (κ2) is 6.55. The SMILES string of the molecule is CCCC(CC)S(=O)(=O)Cc1ccc(C#N)cc1. The molecule has 0 radical (unpaired) electrons. The molecule has 0 saturated heterocycles. The molecular weight excluding hydrogens is 246 g/mol. The Bertz CT molecular complexity index is 512. The lowest BCUT2D eigenvalue weighted by Crippen LogP contribution is -2.22. The van der Waals surface area contributed by atoms with E-state index in [-0.39, 0.29) is 11.0 Å². The van der Waals surface area contributed by atoms with E-state index in [4.69, 9.17) is 5.26 Å². The Morgan fingerprint density at radius 1 is 1.22 bits per heavy atom. The van der Waals surface area contributed by atoms with E-state index >= 15 is 0 Å². The van der Waals surface area contributed by atoms with Crippen LogP contribution in [-0.4, -0.2) is 13.7 Å². The summed E-state index contributed by atoms with van der Waals surface area (Å²) in [6, 6.07) is 8.77. The van der Waals surface area contributed by atoms with Crippen LogP contribution in [-0.2, 0) is 15.6 Å². The van der Waals surface area contributed by atoms with Crippen LogP contribution in [0.25, 0.3) is 0 Å². The number of nitrogens with zero attached hydrogens (tertiary/aromatic N) is 1. The first-order chi connectivity index (χ1) is 8.53. The highest BCUT2D eigenvalue weighted by Gasteiger charge is 2.23. The van der Waals surface area contributed by atoms with Crippen LogP contribution in [0.4, 0.5) is 0 Å². The Kier molecular flexibility index (Phi) is 5.36. The molecule has 0 heterocycles. The van der Waals surface area contributed by atoms with Gasteiger partial charge >= 0.3 is 0 Å². The fraction of sp³-hybridized carbons (Fsp3) is 0.500. The lowest BCUT2D eigenvalue weighted by molar-refractivity contribution is 0.563. The van der Waals surface area contributed by atoms with Crippen LogP contribution < -0.4 is 0 Å². The number of hydrogen-bond donors (Lipinski definition) is 0. The van der Waals surface area contributed by atoms with Gasteiger partial charge in [-0.1, -0.05) is 32.4 Å². The molecule has 1 atom stereocenters. The first kappa shape index (κ1) is 14.7. The van der Waals surface area contributed by atoms with Gasteiger partial charge in [-0.15, -0.1) is 0 Å². The molecule has 1 rings (SSSR count). The van der Waals surface area contributed by atoms with Crippen molar-refractivity contribution in [3.8, 4) is 6.07 Å². The highest BCUT2D eigenvalue weighted by atomic mass is 32.2. The van der Waals surface area contributed by atoms with Gasteiger partial charge in [0, 0.05) is 0 Å². The van der Waals surface area contributed by atoms with Crippen LogP contribution in [0.3, 0.4) is 0 Å². The third kappa shape index (κ3) is 3.85. The molecule has 98 valence electrons. The van der Waals surface area contributed by atoms with Crippen LogP contribution >= 0.6 is 0 Å². The summed E-state index contributed by atoms with van der Waals surface area (Å²) in [6.45, 7) is 3.91. The smallest absolute Gasteiger partial charge is 0.157 e. The van der Waals surface area contributed by atoms with Crippen molar-refractivity contribution in [3.05, 3.63) is 35.4 Å². The summed E-state index contributed by atoms with van der Waals surface area (Å²) in [7, 11) is -3.09. The van der Waals surface area contributed by atoms with Gasteiger partial charge in [0.05, 0.1) is 22.6 Å². The summed E-state index contributed by atoms with van der Waals surface area (Å²) in [5.74, 6) is 0.0667. The summed E-state index contributed by atoms with van der Waals surface area (Å²) in [4.78, 5) is 0. The van der Waals surface area contributed by atoms with Crippen LogP contribution in [0.15, 0.2) is 24.3 Å². The third-order valence-electron chi connectivity index (χ3n) is 3.02. The van der Waals surface area contributed by atoms with E-state index in [9.17, 15) is 8.42 Å². The predicted octanol–water partition coefficient (Wildman–Crippen LogP) is 3.05. The zero-order valence-corrected chi connectivity index (χ0v) is 11.7. The molecule has 0 aliphatic carbocycles. The molecule has 1 aromatic rings. The van der Waals surface area contributed by atoms with Crippen LogP contribution in [0.2, 0.25) is 0 Å². The summed E-state index contributed by atoms with van der Waals surface area (Å²) >= 11 is 0. The molecule has 0 N–H and O–H groups in total. The summed E-state index contributed by atoms with van der Waals surface area (Å²) in [5.41, 5.74) is 1.31. The molecule has 0 aliphatic rings. The van der Waals surface area contributed by atoms with Crippen molar-refractivity contribution < 1.29 is 8.42 Å². The molecule has 0 bridgehead atoms. The van der Waals surface area contributed by atoms with Crippen molar-refractivity contribution in [1.29, 1.82) is 5.26 Å². The molecular formula is C14H19NO2S. The molecule has 0 amide bonds. The highest BCUT2D eigenvalue weighted by Crippen LogP contribution is 2.18. The predicted molar refractivity (Wildman–Crippen MR) is 72.8 cm³/mol. The summed E-state index contributed by atoms with van der Waals surface area (Å²) in [5, 5.41) is 8.44. The summed E-state index contributed by atoms with van der Waals surface area (Å²) in [6.07, 6.45) is 2.26. The topological polar surface area (TPSA) is 57.9 Å². The van der Waals surface area contributed by atoms with E-state index in [1.807, 2.05) is 19.9 Å². The number of sulfone groups is 1. The molecule has 0 aromatic heterocycles. The maximum absolute atomic E-state index is 12.2. The van der Waals surface area contributed by atoms with Gasteiger partial charge in [0.15, 0.2) is 9.84 Å². The van der Waals surface area contributed by atoms with Crippen molar-refractivity contribution >= 4 is 9.84 Å². The molecule has 18 heavy (non-hydrogen) atoms. The Labute approximate surface area is 109 Å². The largest absolute Gasteiger partial charge is 0.228 e. The molecule has 0 saturated carbocycles. The molecule has 3 nitrogen and oxygen atoms in total. The van der Waals surface area contributed by atoms with Crippen molar-refractivity contribution in [1.82, 2.24) is 0 Å². The van der Waals surface area contributed by atoms with Crippen molar-refractivity contribution in [2.24, 2.45) is 0 Å². The van der Waals surface area contributed by atoms with Gasteiger partial charge < -0.3 is 0 Å². The Morgan fingerprint density at radius 3 is 2.28 bits per heavy atom. The lowest BCUT2D eigenvalue weighted by Gasteiger charge is -2.14. The van der Waals surface area contributed by atoms with E-state index in [1.54, 1.807) is 24.3 Å². The zero-order chi connectivity index (χ0) is 13.6. The van der Waals surface area contributed by atoms with Gasteiger partial charge in [-0.25, -0.2) is 8.42 Å². The van der Waals surface area contributed by atoms with Gasteiger partial charge in [0.1, 0.15) is 0 Å². The van der Waals surface area contributed by atoms with Gasteiger partial charge in [0.2, 0.25) is 0 Å². The van der Waals surface area contributed by atoms with E-state index in [2.05, 4.69) is 0 Å². The van der Waals surface area contributed by atoms with Crippen LogP contribution in [0.5, 0.6) is 0 Å². The van der Waals surface area contributed by atoms with Gasteiger partial charge in [-0.05, 0) is 30.5 Å². The van der Waals surface area contributed by atoms with Crippen molar-refractivity contribution in [2.75, 3.05) is 0 Å². The molecule has 0 aliphatic heterocycles.